The Balaban J connectivity index is 1.34. The molecular formula is C28H29Cl2N3O4. The van der Waals surface area contributed by atoms with E-state index >= 15 is 0 Å². The fraction of sp³-hybridized carbons (Fsp3) is 0.357. The normalized spacial score (nSPS) is 16.7. The molecule has 9 heteroatoms. The summed E-state index contributed by atoms with van der Waals surface area (Å²) in [4.78, 5) is 18.2. The van der Waals surface area contributed by atoms with Gasteiger partial charge >= 0.3 is 0 Å². The van der Waals surface area contributed by atoms with Gasteiger partial charge < -0.3 is 19.1 Å². The topological polar surface area (TPSA) is 72.9 Å². The molecule has 1 fully saturated rings. The number of ether oxygens (including phenoxy) is 3. The first-order valence-corrected chi connectivity index (χ1v) is 13.1. The van der Waals surface area contributed by atoms with Crippen molar-refractivity contribution in [2.24, 2.45) is 0 Å². The van der Waals surface area contributed by atoms with Crippen LogP contribution in [0.2, 0.25) is 10.0 Å². The first-order valence-electron chi connectivity index (χ1n) is 12.3. The molecule has 1 aromatic heterocycles. The van der Waals surface area contributed by atoms with Crippen LogP contribution in [0.15, 0.2) is 42.5 Å². The smallest absolute Gasteiger partial charge is 0.236 e. The SMILES string of the molecule is COc1cccc(-c2cccc3c2CC[C@@H]3Oc2nc(OC)c(CNCN3CCCC3=O)cc2Cl)c1Cl. The van der Waals surface area contributed by atoms with Crippen LogP contribution < -0.4 is 19.5 Å². The monoisotopic (exact) mass is 541 g/mol. The second kappa shape index (κ2) is 11.2. The quantitative estimate of drug-likeness (QED) is 0.368. The maximum Gasteiger partial charge on any atom is 0.236 e. The number of hydrogen-bond acceptors (Lipinski definition) is 6. The van der Waals surface area contributed by atoms with Gasteiger partial charge in [0, 0.05) is 30.6 Å². The minimum absolute atomic E-state index is 0.174. The molecule has 1 amide bonds. The third kappa shape index (κ3) is 5.21. The van der Waals surface area contributed by atoms with Crippen LogP contribution in [0.4, 0.5) is 0 Å². The van der Waals surface area contributed by atoms with Gasteiger partial charge in [-0.3, -0.25) is 10.1 Å². The maximum atomic E-state index is 11.8. The molecule has 0 saturated carbocycles. The van der Waals surface area contributed by atoms with E-state index in [1.165, 1.54) is 5.56 Å². The number of hydrogen-bond donors (Lipinski definition) is 1. The molecule has 1 N–H and O–H groups in total. The zero-order chi connectivity index (χ0) is 25.9. The second-order valence-electron chi connectivity index (χ2n) is 9.13. The molecule has 2 aromatic carbocycles. The summed E-state index contributed by atoms with van der Waals surface area (Å²) in [6.07, 6.45) is 2.96. The van der Waals surface area contributed by atoms with Crippen LogP contribution in [-0.2, 0) is 17.8 Å². The Hall–Kier alpha value is -3.00. The number of nitrogens with zero attached hydrogens (tertiary/aromatic N) is 2. The van der Waals surface area contributed by atoms with E-state index in [0.717, 1.165) is 48.1 Å². The van der Waals surface area contributed by atoms with Crippen molar-refractivity contribution >= 4 is 29.1 Å². The molecule has 2 aliphatic rings. The first-order chi connectivity index (χ1) is 18.0. The van der Waals surface area contributed by atoms with E-state index in [4.69, 9.17) is 37.4 Å². The van der Waals surface area contributed by atoms with Crippen molar-refractivity contribution in [3.8, 4) is 28.6 Å². The number of fused-ring (bicyclic) bond motifs is 1. The predicted molar refractivity (Wildman–Crippen MR) is 144 cm³/mol. The molecule has 1 atom stereocenters. The van der Waals surface area contributed by atoms with E-state index in [0.29, 0.717) is 47.2 Å². The van der Waals surface area contributed by atoms with Gasteiger partial charge in [0.25, 0.3) is 0 Å². The number of benzene rings is 2. The van der Waals surface area contributed by atoms with Gasteiger partial charge in [0.15, 0.2) is 0 Å². The molecule has 0 unspecified atom stereocenters. The molecule has 3 aromatic rings. The highest BCUT2D eigenvalue weighted by molar-refractivity contribution is 6.35. The predicted octanol–water partition coefficient (Wildman–Crippen LogP) is 5.81. The number of nitrogens with one attached hydrogen (secondary N) is 1. The Labute approximate surface area is 226 Å². The molecule has 2 heterocycles. The van der Waals surface area contributed by atoms with Gasteiger partial charge in [-0.1, -0.05) is 53.5 Å². The molecule has 37 heavy (non-hydrogen) atoms. The van der Waals surface area contributed by atoms with Gasteiger partial charge in [-0.25, -0.2) is 0 Å². The largest absolute Gasteiger partial charge is 0.495 e. The number of carbonyl (C=O) groups is 1. The number of amides is 1. The number of carbonyl (C=O) groups excluding carboxylic acids is 1. The van der Waals surface area contributed by atoms with E-state index in [1.807, 2.05) is 35.2 Å². The number of halogens is 2. The van der Waals surface area contributed by atoms with Crippen LogP contribution in [0.5, 0.6) is 17.5 Å². The van der Waals surface area contributed by atoms with Gasteiger partial charge in [0.2, 0.25) is 17.7 Å². The molecule has 0 spiro atoms. The Morgan fingerprint density at radius 2 is 1.86 bits per heavy atom. The summed E-state index contributed by atoms with van der Waals surface area (Å²) in [5, 5.41) is 4.29. The maximum absolute atomic E-state index is 11.8. The van der Waals surface area contributed by atoms with E-state index < -0.39 is 0 Å². The third-order valence-electron chi connectivity index (χ3n) is 6.91. The van der Waals surface area contributed by atoms with Crippen molar-refractivity contribution in [1.82, 2.24) is 15.2 Å². The Kier molecular flexibility index (Phi) is 7.74. The molecule has 0 bridgehead atoms. The van der Waals surface area contributed by atoms with Gasteiger partial charge in [-0.15, -0.1) is 0 Å². The van der Waals surface area contributed by atoms with Crippen molar-refractivity contribution in [3.05, 3.63) is 69.2 Å². The highest BCUT2D eigenvalue weighted by Crippen LogP contribution is 2.44. The van der Waals surface area contributed by atoms with E-state index in [2.05, 4.69) is 22.4 Å². The van der Waals surface area contributed by atoms with Crippen molar-refractivity contribution in [2.45, 2.75) is 38.3 Å². The Morgan fingerprint density at radius 1 is 1.05 bits per heavy atom. The van der Waals surface area contributed by atoms with Gasteiger partial charge in [0.1, 0.15) is 16.9 Å². The summed E-state index contributed by atoms with van der Waals surface area (Å²) in [5.74, 6) is 1.59. The highest BCUT2D eigenvalue weighted by Gasteiger charge is 2.29. The summed E-state index contributed by atoms with van der Waals surface area (Å²) < 4.78 is 17.3. The van der Waals surface area contributed by atoms with Crippen molar-refractivity contribution < 1.29 is 19.0 Å². The standard InChI is InChI=1S/C28H29Cl2N3O4/c1-35-24-9-4-8-21(26(24)30)18-6-3-7-20-19(18)11-12-23(20)37-28-22(29)14-17(27(32-28)36-2)15-31-16-33-13-5-10-25(33)34/h3-4,6-9,14,23,31H,5,10-13,15-16H2,1-2H3/t23-/m0/s1. The summed E-state index contributed by atoms with van der Waals surface area (Å²) in [6, 6.07) is 13.8. The minimum atomic E-state index is -0.195. The van der Waals surface area contributed by atoms with E-state index in [-0.39, 0.29) is 12.0 Å². The lowest BCUT2D eigenvalue weighted by Gasteiger charge is -2.19. The van der Waals surface area contributed by atoms with Crippen LogP contribution in [0.25, 0.3) is 11.1 Å². The number of likely N-dealkylation sites (tertiary alicyclic amines) is 1. The number of rotatable bonds is 9. The van der Waals surface area contributed by atoms with Crippen LogP contribution in [0.1, 0.15) is 42.1 Å². The molecule has 5 rings (SSSR count). The fourth-order valence-corrected chi connectivity index (χ4v) is 5.60. The summed E-state index contributed by atoms with van der Waals surface area (Å²) in [7, 11) is 3.19. The average Bonchev–Trinajstić information content (AvgIpc) is 3.51. The zero-order valence-electron chi connectivity index (χ0n) is 20.9. The van der Waals surface area contributed by atoms with Crippen molar-refractivity contribution in [3.63, 3.8) is 0 Å². The van der Waals surface area contributed by atoms with Gasteiger partial charge in [-0.05, 0) is 48.1 Å². The average molecular weight is 542 g/mol. The zero-order valence-corrected chi connectivity index (χ0v) is 22.4. The molecule has 0 radical (unpaired) electrons. The highest BCUT2D eigenvalue weighted by atomic mass is 35.5. The second-order valence-corrected chi connectivity index (χ2v) is 9.91. The minimum Gasteiger partial charge on any atom is -0.495 e. The summed E-state index contributed by atoms with van der Waals surface area (Å²) in [6.45, 7) is 1.73. The number of aromatic nitrogens is 1. The molecule has 1 aliphatic heterocycles. The first kappa shape index (κ1) is 25.6. The molecule has 7 nitrogen and oxygen atoms in total. The van der Waals surface area contributed by atoms with Crippen molar-refractivity contribution in [1.29, 1.82) is 0 Å². The molecular weight excluding hydrogens is 513 g/mol. The lowest BCUT2D eigenvalue weighted by molar-refractivity contribution is -0.128. The lowest BCUT2D eigenvalue weighted by Crippen LogP contribution is -2.34. The summed E-state index contributed by atoms with van der Waals surface area (Å²) in [5.41, 5.74) is 5.09. The van der Waals surface area contributed by atoms with E-state index in [9.17, 15) is 4.79 Å². The van der Waals surface area contributed by atoms with Gasteiger partial charge in [0.05, 0.1) is 25.9 Å². The Morgan fingerprint density at radius 3 is 2.62 bits per heavy atom. The van der Waals surface area contributed by atoms with Gasteiger partial charge in [-0.2, -0.15) is 4.98 Å². The van der Waals surface area contributed by atoms with E-state index in [1.54, 1.807) is 14.2 Å². The van der Waals surface area contributed by atoms with Crippen LogP contribution in [-0.4, -0.2) is 43.2 Å². The van der Waals surface area contributed by atoms with Crippen molar-refractivity contribution in [2.75, 3.05) is 27.4 Å². The fourth-order valence-electron chi connectivity index (χ4n) is 5.08. The molecule has 1 saturated heterocycles. The Bertz CT molecular complexity index is 1320. The van der Waals surface area contributed by atoms with Crippen LogP contribution in [0.3, 0.4) is 0 Å². The number of pyridine rings is 1. The third-order valence-corrected chi connectivity index (χ3v) is 7.57. The number of methoxy groups -OCH3 is 2. The summed E-state index contributed by atoms with van der Waals surface area (Å²) >= 11 is 13.2. The molecule has 1 aliphatic carbocycles. The molecule has 194 valence electrons. The van der Waals surface area contributed by atoms with Crippen LogP contribution in [0, 0.1) is 0 Å². The van der Waals surface area contributed by atoms with Crippen LogP contribution >= 0.6 is 23.2 Å². The lowest BCUT2D eigenvalue weighted by atomic mass is 9.96.